The first-order valence-electron chi connectivity index (χ1n) is 9.25. The molecule has 160 valence electrons. The number of ether oxygens (including phenoxy) is 4. The minimum absolute atomic E-state index is 0.0604. The average Bonchev–Trinajstić information content (AvgIpc) is 3.19. The number of likely N-dealkylation sites (tertiary alicyclic amines) is 1. The summed E-state index contributed by atoms with van der Waals surface area (Å²) < 4.78 is 34.9. The Labute approximate surface area is 173 Å². The highest BCUT2D eigenvalue weighted by Gasteiger charge is 2.42. The largest absolute Gasteiger partial charge is 0.497 e. The molecular weight excluding hydrogens is 395 g/mol. The van der Waals surface area contributed by atoms with Gasteiger partial charge in [-0.1, -0.05) is 12.1 Å². The number of carbonyl (C=O) groups is 2. The molecule has 8 nitrogen and oxygen atoms in total. The molecule has 2 amide bonds. The molecular formula is C21H23FN2O6. The normalized spacial score (nSPS) is 17.9. The van der Waals surface area contributed by atoms with Crippen molar-refractivity contribution in [2.75, 3.05) is 33.2 Å². The summed E-state index contributed by atoms with van der Waals surface area (Å²) in [6, 6.07) is 9.50. The fraction of sp³-hybridized carbons (Fsp3) is 0.333. The highest BCUT2D eigenvalue weighted by Crippen LogP contribution is 2.31. The fourth-order valence-corrected chi connectivity index (χ4v) is 3.28. The van der Waals surface area contributed by atoms with Gasteiger partial charge < -0.3 is 29.2 Å². The molecule has 0 spiro atoms. The van der Waals surface area contributed by atoms with Gasteiger partial charge in [0, 0.05) is 12.5 Å². The van der Waals surface area contributed by atoms with Crippen molar-refractivity contribution in [3.8, 4) is 17.2 Å². The van der Waals surface area contributed by atoms with E-state index in [0.29, 0.717) is 17.2 Å². The number of halogens is 1. The van der Waals surface area contributed by atoms with Crippen LogP contribution in [0.5, 0.6) is 17.2 Å². The van der Waals surface area contributed by atoms with Crippen LogP contribution in [-0.2, 0) is 9.53 Å². The highest BCUT2D eigenvalue weighted by atomic mass is 19.1. The Morgan fingerprint density at radius 1 is 1.07 bits per heavy atom. The van der Waals surface area contributed by atoms with Crippen LogP contribution in [0.25, 0.3) is 0 Å². The summed E-state index contributed by atoms with van der Waals surface area (Å²) in [5.41, 5.74) is 0.408. The predicted octanol–water partition coefficient (Wildman–Crippen LogP) is 3.07. The van der Waals surface area contributed by atoms with Gasteiger partial charge in [0.25, 0.3) is 0 Å². The second-order valence-corrected chi connectivity index (χ2v) is 6.59. The topological polar surface area (TPSA) is 86.3 Å². The van der Waals surface area contributed by atoms with Crippen molar-refractivity contribution in [3.63, 3.8) is 0 Å². The summed E-state index contributed by atoms with van der Waals surface area (Å²) in [7, 11) is 4.24. The minimum atomic E-state index is -0.865. The zero-order valence-electron chi connectivity index (χ0n) is 16.9. The van der Waals surface area contributed by atoms with Crippen molar-refractivity contribution in [1.82, 2.24) is 4.90 Å². The van der Waals surface area contributed by atoms with Gasteiger partial charge in [0.2, 0.25) is 0 Å². The Bertz CT molecular complexity index is 922. The molecule has 2 aromatic carbocycles. The summed E-state index contributed by atoms with van der Waals surface area (Å²) in [5, 5.41) is 2.73. The smallest absolute Gasteiger partial charge is 0.328 e. The molecule has 1 N–H and O–H groups in total. The Hall–Kier alpha value is -3.49. The molecule has 0 unspecified atom stereocenters. The van der Waals surface area contributed by atoms with E-state index in [0.717, 1.165) is 0 Å². The van der Waals surface area contributed by atoms with E-state index in [4.69, 9.17) is 18.9 Å². The minimum Gasteiger partial charge on any atom is -0.497 e. The number of hydrogen-bond acceptors (Lipinski definition) is 6. The lowest BCUT2D eigenvalue weighted by Crippen LogP contribution is -2.43. The third kappa shape index (κ3) is 4.56. The number of carbonyl (C=O) groups excluding carboxylic acids is 2. The second-order valence-electron chi connectivity index (χ2n) is 6.59. The molecule has 0 aliphatic carbocycles. The summed E-state index contributed by atoms with van der Waals surface area (Å²) in [6.07, 6.45) is -0.400. The quantitative estimate of drug-likeness (QED) is 0.726. The molecule has 2 aromatic rings. The first-order valence-corrected chi connectivity index (χ1v) is 9.25. The molecule has 1 saturated heterocycles. The van der Waals surface area contributed by atoms with Crippen molar-refractivity contribution >= 4 is 17.7 Å². The molecule has 30 heavy (non-hydrogen) atoms. The molecule has 2 atom stereocenters. The standard InChI is InChI=1S/C21H23FN2O6/c1-27-13-8-9-16(19(11-13)28-2)23-21(26)24-12-14(10-17(24)20(25)29-3)30-18-7-5-4-6-15(18)22/h4-9,11,14,17H,10,12H2,1-3H3,(H,23,26)/t14-,17-/m1/s1. The lowest BCUT2D eigenvalue weighted by molar-refractivity contribution is -0.144. The molecule has 0 saturated carbocycles. The van der Waals surface area contributed by atoms with Gasteiger partial charge in [-0.3, -0.25) is 0 Å². The van der Waals surface area contributed by atoms with Gasteiger partial charge in [0.05, 0.1) is 33.6 Å². The first-order chi connectivity index (χ1) is 14.5. The number of urea groups is 1. The van der Waals surface area contributed by atoms with Gasteiger partial charge in [0.15, 0.2) is 11.6 Å². The SMILES string of the molecule is COC(=O)[C@H]1C[C@@H](Oc2ccccc2F)CN1C(=O)Nc1ccc(OC)cc1OC. The van der Waals surface area contributed by atoms with Crippen LogP contribution in [0, 0.1) is 5.82 Å². The molecule has 0 radical (unpaired) electrons. The molecule has 1 aliphatic heterocycles. The number of amides is 2. The van der Waals surface area contributed by atoms with Crippen LogP contribution in [0.3, 0.4) is 0 Å². The summed E-state index contributed by atoms with van der Waals surface area (Å²) in [4.78, 5) is 26.5. The number of anilines is 1. The third-order valence-electron chi connectivity index (χ3n) is 4.78. The van der Waals surface area contributed by atoms with Gasteiger partial charge in [0.1, 0.15) is 23.6 Å². The van der Waals surface area contributed by atoms with Gasteiger partial charge >= 0.3 is 12.0 Å². The fourth-order valence-electron chi connectivity index (χ4n) is 3.28. The summed E-state index contributed by atoms with van der Waals surface area (Å²) >= 11 is 0. The number of esters is 1. The van der Waals surface area contributed by atoms with E-state index in [1.165, 1.54) is 38.4 Å². The van der Waals surface area contributed by atoms with Crippen LogP contribution in [-0.4, -0.2) is 56.9 Å². The number of nitrogens with zero attached hydrogens (tertiary/aromatic N) is 1. The van der Waals surface area contributed by atoms with E-state index in [1.807, 2.05) is 0 Å². The summed E-state index contributed by atoms with van der Waals surface area (Å²) in [6.45, 7) is 0.0818. The zero-order valence-corrected chi connectivity index (χ0v) is 16.9. The molecule has 3 rings (SSSR count). The van der Waals surface area contributed by atoms with Gasteiger partial charge in [-0.05, 0) is 24.3 Å². The van der Waals surface area contributed by atoms with E-state index >= 15 is 0 Å². The lowest BCUT2D eigenvalue weighted by Gasteiger charge is -2.23. The second kappa shape index (κ2) is 9.34. The van der Waals surface area contributed by atoms with Crippen molar-refractivity contribution < 1.29 is 32.9 Å². The van der Waals surface area contributed by atoms with E-state index in [2.05, 4.69) is 5.32 Å². The van der Waals surface area contributed by atoms with Crippen LogP contribution in [0.1, 0.15) is 6.42 Å². The third-order valence-corrected chi connectivity index (χ3v) is 4.78. The van der Waals surface area contributed by atoms with Crippen molar-refractivity contribution in [3.05, 3.63) is 48.3 Å². The average molecular weight is 418 g/mol. The van der Waals surface area contributed by atoms with E-state index < -0.39 is 30.0 Å². The Kier molecular flexibility index (Phi) is 6.61. The highest BCUT2D eigenvalue weighted by molar-refractivity contribution is 5.94. The van der Waals surface area contributed by atoms with Crippen molar-refractivity contribution in [1.29, 1.82) is 0 Å². The van der Waals surface area contributed by atoms with Crippen LogP contribution >= 0.6 is 0 Å². The Balaban J connectivity index is 1.77. The molecule has 1 aliphatic rings. The van der Waals surface area contributed by atoms with Crippen LogP contribution < -0.4 is 19.5 Å². The van der Waals surface area contributed by atoms with Gasteiger partial charge in [-0.25, -0.2) is 14.0 Å². The number of benzene rings is 2. The number of hydrogen-bond donors (Lipinski definition) is 1. The first kappa shape index (κ1) is 21.2. The van der Waals surface area contributed by atoms with Gasteiger partial charge in [-0.15, -0.1) is 0 Å². The molecule has 9 heteroatoms. The maximum absolute atomic E-state index is 13.9. The maximum atomic E-state index is 13.9. The van der Waals surface area contributed by atoms with Crippen molar-refractivity contribution in [2.45, 2.75) is 18.6 Å². The number of nitrogens with one attached hydrogen (secondary N) is 1. The van der Waals surface area contributed by atoms with E-state index in [-0.39, 0.29) is 18.7 Å². The summed E-state index contributed by atoms with van der Waals surface area (Å²) in [5.74, 6) is -0.0675. The Morgan fingerprint density at radius 2 is 1.83 bits per heavy atom. The van der Waals surface area contributed by atoms with Crippen LogP contribution in [0.2, 0.25) is 0 Å². The maximum Gasteiger partial charge on any atom is 0.328 e. The predicted molar refractivity (Wildman–Crippen MR) is 107 cm³/mol. The van der Waals surface area contributed by atoms with Crippen molar-refractivity contribution in [2.24, 2.45) is 0 Å². The number of para-hydroxylation sites is 1. The monoisotopic (exact) mass is 418 g/mol. The molecule has 1 heterocycles. The van der Waals surface area contributed by atoms with Crippen LogP contribution in [0.15, 0.2) is 42.5 Å². The van der Waals surface area contributed by atoms with Gasteiger partial charge in [-0.2, -0.15) is 0 Å². The Morgan fingerprint density at radius 3 is 2.50 bits per heavy atom. The van der Waals surface area contributed by atoms with E-state index in [9.17, 15) is 14.0 Å². The lowest BCUT2D eigenvalue weighted by atomic mass is 10.2. The molecule has 0 bridgehead atoms. The zero-order chi connectivity index (χ0) is 21.7. The molecule has 1 fully saturated rings. The van der Waals surface area contributed by atoms with E-state index in [1.54, 1.807) is 30.3 Å². The number of methoxy groups -OCH3 is 3. The van der Waals surface area contributed by atoms with Crippen LogP contribution in [0.4, 0.5) is 14.9 Å². The molecule has 0 aromatic heterocycles. The number of rotatable bonds is 6.